The zero-order valence-electron chi connectivity index (χ0n) is 12.0. The fourth-order valence-corrected chi connectivity index (χ4v) is 1.76. The van der Waals surface area contributed by atoms with Gasteiger partial charge in [0.15, 0.2) is 29.1 Å². The minimum Gasteiger partial charge on any atom is -0.203 e. The molecule has 0 spiro atoms. The summed E-state index contributed by atoms with van der Waals surface area (Å²) in [7, 11) is 0. The molecule has 0 atom stereocenters. The van der Waals surface area contributed by atoms with Crippen LogP contribution >= 0.6 is 0 Å². The van der Waals surface area contributed by atoms with Gasteiger partial charge in [0.25, 0.3) is 0 Å². The van der Waals surface area contributed by atoms with Gasteiger partial charge in [0.1, 0.15) is 0 Å². The van der Waals surface area contributed by atoms with Crippen LogP contribution in [0.15, 0.2) is 6.08 Å². The second-order valence-electron chi connectivity index (χ2n) is 4.80. The van der Waals surface area contributed by atoms with Gasteiger partial charge in [0.2, 0.25) is 0 Å². The lowest BCUT2D eigenvalue weighted by Crippen LogP contribution is -2.60. The predicted octanol–water partition coefficient (Wildman–Crippen LogP) is 6.70. The van der Waals surface area contributed by atoms with Crippen molar-refractivity contribution in [2.45, 2.75) is 23.9 Å². The summed E-state index contributed by atoms with van der Waals surface area (Å²) in [4.78, 5) is 0. The quantitative estimate of drug-likeness (QED) is 0.273. The Morgan fingerprint density at radius 2 is 0.929 bits per heavy atom. The Morgan fingerprint density at radius 1 is 0.536 bits per heavy atom. The number of hydrogen-bond donors (Lipinski definition) is 0. The van der Waals surface area contributed by atoms with E-state index in [4.69, 9.17) is 0 Å². The van der Waals surface area contributed by atoms with Crippen molar-refractivity contribution in [1.29, 1.82) is 0 Å². The first-order valence-corrected chi connectivity index (χ1v) is 6.02. The highest BCUT2D eigenvalue weighted by Gasteiger charge is 2.82. The van der Waals surface area contributed by atoms with Crippen LogP contribution in [0.4, 0.5) is 70.2 Å². The topological polar surface area (TPSA) is 0 Å². The summed E-state index contributed by atoms with van der Waals surface area (Å²) in [5, 5.41) is 0. The Kier molecular flexibility index (Phi) is 5.73. The van der Waals surface area contributed by atoms with Gasteiger partial charge in [-0.2, -0.15) is 48.3 Å². The molecule has 0 saturated heterocycles. The number of rotatable bonds is 4. The smallest absolute Gasteiger partial charge is 0.203 e. The summed E-state index contributed by atoms with van der Waals surface area (Å²) < 4.78 is 206. The van der Waals surface area contributed by atoms with E-state index in [1.165, 1.54) is 0 Å². The lowest BCUT2D eigenvalue weighted by atomic mass is 9.91. The maximum atomic E-state index is 13.7. The van der Waals surface area contributed by atoms with E-state index in [0.717, 1.165) is 0 Å². The third-order valence-corrected chi connectivity index (χ3v) is 3.11. The van der Waals surface area contributed by atoms with Crippen LogP contribution in [-0.2, 0) is 5.92 Å². The molecule has 0 saturated carbocycles. The zero-order valence-corrected chi connectivity index (χ0v) is 12.0. The Labute approximate surface area is 142 Å². The minimum absolute atomic E-state index is 3.32. The molecule has 160 valence electrons. The number of benzene rings is 1. The highest BCUT2D eigenvalue weighted by atomic mass is 19.4. The Bertz CT molecular complexity index is 810. The van der Waals surface area contributed by atoms with E-state index in [1.807, 2.05) is 0 Å². The monoisotopic (exact) mass is 448 g/mol. The van der Waals surface area contributed by atoms with Gasteiger partial charge in [-0.15, -0.1) is 0 Å². The van der Waals surface area contributed by atoms with Crippen molar-refractivity contribution in [1.82, 2.24) is 0 Å². The molecule has 16 heteroatoms. The molecule has 0 nitrogen and oxygen atoms in total. The van der Waals surface area contributed by atoms with Crippen LogP contribution in [-0.4, -0.2) is 18.0 Å². The van der Waals surface area contributed by atoms with Crippen LogP contribution in [0.2, 0.25) is 0 Å². The second-order valence-corrected chi connectivity index (χ2v) is 4.80. The molecule has 0 aromatic heterocycles. The summed E-state index contributed by atoms with van der Waals surface area (Å²) in [5.41, 5.74) is -7.54. The summed E-state index contributed by atoms with van der Waals surface area (Å²) >= 11 is 0. The van der Waals surface area contributed by atoms with E-state index in [1.54, 1.807) is 0 Å². The van der Waals surface area contributed by atoms with Crippen molar-refractivity contribution in [3.8, 4) is 0 Å². The largest absolute Gasteiger partial charge is 0.460 e. The maximum absolute atomic E-state index is 13.7. The van der Waals surface area contributed by atoms with Crippen LogP contribution in [0.25, 0.3) is 5.83 Å². The second kappa shape index (κ2) is 6.72. The fraction of sp³-hybridized carbons (Fsp3) is 0.333. The van der Waals surface area contributed by atoms with Gasteiger partial charge in [0.05, 0.1) is 11.1 Å². The Balaban J connectivity index is 4.12. The summed E-state index contributed by atoms with van der Waals surface area (Å²) in [6, 6.07) is 0. The first-order valence-electron chi connectivity index (χ1n) is 6.02. The zero-order chi connectivity index (χ0) is 22.6. The fourth-order valence-electron chi connectivity index (χ4n) is 1.76. The highest BCUT2D eigenvalue weighted by Crippen LogP contribution is 2.58. The molecule has 0 bridgehead atoms. The van der Waals surface area contributed by atoms with Gasteiger partial charge < -0.3 is 0 Å². The molecule has 0 radical (unpaired) electrons. The molecule has 28 heavy (non-hydrogen) atoms. The summed E-state index contributed by atoms with van der Waals surface area (Å²) in [6.45, 7) is 0. The average Bonchev–Trinajstić information content (AvgIpc) is 2.53. The molecule has 0 aliphatic heterocycles. The lowest BCUT2D eigenvalue weighted by molar-refractivity contribution is -0.400. The average molecular weight is 448 g/mol. The van der Waals surface area contributed by atoms with Crippen LogP contribution in [0, 0.1) is 23.3 Å². The standard InChI is InChI=1S/C12F16/c13-3-1(4(14)8(18)19)2(5(15)7(17)6(3)16)9(20,21)10(22,23)11(24,25)12(26,27)28. The molecule has 1 rings (SSSR count). The third kappa shape index (κ3) is 3.15. The number of halogens is 16. The molecule has 0 heterocycles. The molecule has 0 amide bonds. The summed E-state index contributed by atoms with van der Waals surface area (Å²) in [6.07, 6.45) is -11.4. The van der Waals surface area contributed by atoms with E-state index in [-0.39, 0.29) is 0 Å². The van der Waals surface area contributed by atoms with Gasteiger partial charge in [-0.05, 0) is 0 Å². The van der Waals surface area contributed by atoms with Crippen LogP contribution in [0.1, 0.15) is 11.1 Å². The van der Waals surface area contributed by atoms with Gasteiger partial charge in [0, 0.05) is 0 Å². The van der Waals surface area contributed by atoms with E-state index >= 15 is 0 Å². The molecular weight excluding hydrogens is 448 g/mol. The minimum atomic E-state index is -7.81. The Hall–Kier alpha value is -2.16. The lowest BCUT2D eigenvalue weighted by Gasteiger charge is -2.34. The predicted molar refractivity (Wildman–Crippen MR) is 56.4 cm³/mol. The first kappa shape index (κ1) is 23.9. The molecule has 1 aromatic rings. The molecule has 0 N–H and O–H groups in total. The molecule has 0 aliphatic rings. The first-order chi connectivity index (χ1) is 12.2. The van der Waals surface area contributed by atoms with E-state index < -0.39 is 70.2 Å². The van der Waals surface area contributed by atoms with Gasteiger partial charge >= 0.3 is 30.0 Å². The van der Waals surface area contributed by atoms with Crippen LogP contribution < -0.4 is 0 Å². The van der Waals surface area contributed by atoms with Crippen molar-refractivity contribution in [2.24, 2.45) is 0 Å². The highest BCUT2D eigenvalue weighted by molar-refractivity contribution is 5.65. The van der Waals surface area contributed by atoms with E-state index in [0.29, 0.717) is 0 Å². The van der Waals surface area contributed by atoms with Crippen molar-refractivity contribution in [3.63, 3.8) is 0 Å². The molecule has 1 aromatic carbocycles. The van der Waals surface area contributed by atoms with E-state index in [9.17, 15) is 70.2 Å². The van der Waals surface area contributed by atoms with Crippen LogP contribution in [0.5, 0.6) is 0 Å². The Morgan fingerprint density at radius 3 is 1.29 bits per heavy atom. The molecule has 0 fully saturated rings. The number of alkyl halides is 9. The van der Waals surface area contributed by atoms with E-state index in [2.05, 4.69) is 0 Å². The van der Waals surface area contributed by atoms with Crippen molar-refractivity contribution in [2.75, 3.05) is 0 Å². The summed E-state index contributed by atoms with van der Waals surface area (Å²) in [5.74, 6) is -40.9. The van der Waals surface area contributed by atoms with Crippen molar-refractivity contribution >= 4 is 5.83 Å². The van der Waals surface area contributed by atoms with Crippen molar-refractivity contribution in [3.05, 3.63) is 40.5 Å². The third-order valence-electron chi connectivity index (χ3n) is 3.11. The van der Waals surface area contributed by atoms with Gasteiger partial charge in [-0.25, -0.2) is 22.0 Å². The number of hydrogen-bond acceptors (Lipinski definition) is 0. The molecule has 0 unspecified atom stereocenters. The van der Waals surface area contributed by atoms with Gasteiger partial charge in [-0.1, -0.05) is 0 Å². The SMILES string of the molecule is FC(F)=C(F)c1c(F)c(F)c(F)c(F)c1C(F)(F)C(F)(F)C(F)(F)C(F)(F)F. The normalized spacial score (nSPS) is 13.7. The molecular formula is C12F16. The maximum Gasteiger partial charge on any atom is 0.460 e. The van der Waals surface area contributed by atoms with Crippen LogP contribution in [0.3, 0.4) is 0 Å². The van der Waals surface area contributed by atoms with Gasteiger partial charge in [-0.3, -0.25) is 0 Å². The molecule has 0 aliphatic carbocycles. The van der Waals surface area contributed by atoms with Crippen molar-refractivity contribution < 1.29 is 70.2 Å².